The molecular weight excluding hydrogens is 150 g/mol. The van der Waals surface area contributed by atoms with E-state index in [4.69, 9.17) is 18.0 Å². The molecule has 0 radical (unpaired) electrons. The Morgan fingerprint density at radius 3 is 2.80 bits per heavy atom. The summed E-state index contributed by atoms with van der Waals surface area (Å²) in [6.07, 6.45) is 2.84. The Kier molecular flexibility index (Phi) is 1.86. The molecule has 1 aliphatic heterocycles. The van der Waals surface area contributed by atoms with Crippen molar-refractivity contribution in [3.8, 4) is 0 Å². The van der Waals surface area contributed by atoms with E-state index in [1.54, 1.807) is 0 Å². The maximum Gasteiger partial charge on any atom is 0.249 e. The maximum absolute atomic E-state index is 10.5. The number of thiocarbonyl (C=S) groups is 1. The molecular formula is C5H5N3OS. The van der Waals surface area contributed by atoms with Gasteiger partial charge in [-0.1, -0.05) is 12.2 Å². The van der Waals surface area contributed by atoms with Gasteiger partial charge in [0.25, 0.3) is 0 Å². The lowest BCUT2D eigenvalue weighted by Crippen LogP contribution is -2.34. The SMILES string of the molecule is NC(=O)C1N=CC=NC1=S. The molecule has 0 bridgehead atoms. The zero-order chi connectivity index (χ0) is 7.56. The Labute approximate surface area is 62.8 Å². The molecule has 4 nitrogen and oxygen atoms in total. The molecule has 0 saturated carbocycles. The smallest absolute Gasteiger partial charge is 0.249 e. The lowest BCUT2D eigenvalue weighted by atomic mass is 10.3. The molecule has 1 rings (SSSR count). The van der Waals surface area contributed by atoms with Crippen molar-refractivity contribution < 1.29 is 4.79 Å². The molecule has 1 heterocycles. The van der Waals surface area contributed by atoms with Gasteiger partial charge in [-0.2, -0.15) is 0 Å². The standard InChI is InChI=1S/C5H5N3OS/c6-4(9)3-5(10)8-2-1-7-3/h1-3H,(H2,6,9). The van der Waals surface area contributed by atoms with Crippen molar-refractivity contribution in [3.05, 3.63) is 0 Å². The Balaban J connectivity index is 2.80. The zero-order valence-electron chi connectivity index (χ0n) is 5.02. The summed E-state index contributed by atoms with van der Waals surface area (Å²) in [5, 5.41) is 0. The lowest BCUT2D eigenvalue weighted by Gasteiger charge is -2.07. The van der Waals surface area contributed by atoms with E-state index in [0.29, 0.717) is 0 Å². The lowest BCUT2D eigenvalue weighted by molar-refractivity contribution is -0.117. The molecule has 1 amide bonds. The minimum Gasteiger partial charge on any atom is -0.367 e. The number of carbonyl (C=O) groups excluding carboxylic acids is 1. The Morgan fingerprint density at radius 2 is 2.40 bits per heavy atom. The normalized spacial score (nSPS) is 23.2. The van der Waals surface area contributed by atoms with Crippen molar-refractivity contribution in [1.29, 1.82) is 0 Å². The fraction of sp³-hybridized carbons (Fsp3) is 0.200. The van der Waals surface area contributed by atoms with Crippen molar-refractivity contribution >= 4 is 35.5 Å². The molecule has 0 saturated heterocycles. The molecule has 0 aromatic carbocycles. The first kappa shape index (κ1) is 7.01. The summed E-state index contributed by atoms with van der Waals surface area (Å²) in [6, 6.07) is -0.736. The summed E-state index contributed by atoms with van der Waals surface area (Å²) in [5.41, 5.74) is 4.94. The van der Waals surface area contributed by atoms with Crippen LogP contribution in [0.1, 0.15) is 0 Å². The summed E-state index contributed by atoms with van der Waals surface area (Å²) in [5.74, 6) is -0.557. The average Bonchev–Trinajstić information content (AvgIpc) is 1.88. The van der Waals surface area contributed by atoms with E-state index < -0.39 is 11.9 Å². The van der Waals surface area contributed by atoms with Crippen LogP contribution < -0.4 is 5.73 Å². The maximum atomic E-state index is 10.5. The summed E-state index contributed by atoms with van der Waals surface area (Å²) < 4.78 is 0. The van der Waals surface area contributed by atoms with Crippen molar-refractivity contribution in [3.63, 3.8) is 0 Å². The molecule has 0 aliphatic carbocycles. The van der Waals surface area contributed by atoms with Crippen LogP contribution >= 0.6 is 12.2 Å². The molecule has 1 atom stereocenters. The molecule has 1 unspecified atom stereocenters. The van der Waals surface area contributed by atoms with E-state index in [1.165, 1.54) is 12.4 Å². The van der Waals surface area contributed by atoms with Gasteiger partial charge in [-0.3, -0.25) is 9.79 Å². The molecule has 0 fully saturated rings. The number of rotatable bonds is 1. The number of aliphatic imine (C=N–C) groups is 2. The second-order valence-electron chi connectivity index (χ2n) is 1.72. The predicted molar refractivity (Wildman–Crippen MR) is 42.6 cm³/mol. The van der Waals surface area contributed by atoms with E-state index in [2.05, 4.69) is 9.98 Å². The third-order valence-electron chi connectivity index (χ3n) is 1.01. The van der Waals surface area contributed by atoms with E-state index >= 15 is 0 Å². The largest absolute Gasteiger partial charge is 0.367 e. The zero-order valence-corrected chi connectivity index (χ0v) is 5.84. The van der Waals surface area contributed by atoms with Crippen LogP contribution in [0.5, 0.6) is 0 Å². The third-order valence-corrected chi connectivity index (χ3v) is 1.34. The minimum atomic E-state index is -0.736. The summed E-state index contributed by atoms with van der Waals surface area (Å²) >= 11 is 4.69. The van der Waals surface area contributed by atoms with Crippen LogP contribution in [0.3, 0.4) is 0 Å². The first-order valence-electron chi connectivity index (χ1n) is 2.61. The van der Waals surface area contributed by atoms with Crippen LogP contribution in [0.4, 0.5) is 0 Å². The van der Waals surface area contributed by atoms with E-state index in [9.17, 15) is 4.79 Å². The van der Waals surface area contributed by atoms with Gasteiger partial charge in [-0.15, -0.1) is 0 Å². The van der Waals surface area contributed by atoms with Gasteiger partial charge in [-0.05, 0) is 0 Å². The van der Waals surface area contributed by atoms with Gasteiger partial charge < -0.3 is 5.73 Å². The highest BCUT2D eigenvalue weighted by Gasteiger charge is 2.19. The highest BCUT2D eigenvalue weighted by molar-refractivity contribution is 7.80. The molecule has 0 spiro atoms. The summed E-state index contributed by atoms with van der Waals surface area (Å²) in [7, 11) is 0. The summed E-state index contributed by atoms with van der Waals surface area (Å²) in [6.45, 7) is 0. The van der Waals surface area contributed by atoms with E-state index in [-0.39, 0.29) is 4.99 Å². The van der Waals surface area contributed by atoms with Gasteiger partial charge in [0.15, 0.2) is 6.04 Å². The van der Waals surface area contributed by atoms with Gasteiger partial charge >= 0.3 is 0 Å². The Morgan fingerprint density at radius 1 is 1.70 bits per heavy atom. The molecule has 5 heteroatoms. The van der Waals surface area contributed by atoms with Gasteiger partial charge in [0.1, 0.15) is 4.99 Å². The van der Waals surface area contributed by atoms with Crippen LogP contribution in [0.25, 0.3) is 0 Å². The molecule has 0 aromatic rings. The number of carbonyl (C=O) groups is 1. The number of nitrogens with two attached hydrogens (primary N) is 1. The van der Waals surface area contributed by atoms with E-state index in [0.717, 1.165) is 0 Å². The van der Waals surface area contributed by atoms with Gasteiger partial charge in [0.2, 0.25) is 5.91 Å². The first-order chi connectivity index (χ1) is 4.72. The van der Waals surface area contributed by atoms with Crippen LogP contribution in [0, 0.1) is 0 Å². The highest BCUT2D eigenvalue weighted by Crippen LogP contribution is 1.98. The highest BCUT2D eigenvalue weighted by atomic mass is 32.1. The number of nitrogens with zero attached hydrogens (tertiary/aromatic N) is 2. The van der Waals surface area contributed by atoms with E-state index in [1.807, 2.05) is 0 Å². The number of hydrogen-bond acceptors (Lipinski definition) is 3. The predicted octanol–water partition coefficient (Wildman–Crippen LogP) is -0.677. The van der Waals surface area contributed by atoms with Gasteiger partial charge in [0, 0.05) is 12.4 Å². The molecule has 0 aromatic heterocycles. The fourth-order valence-corrected chi connectivity index (χ4v) is 0.799. The molecule has 52 valence electrons. The number of amides is 1. The van der Waals surface area contributed by atoms with Crippen molar-refractivity contribution in [2.24, 2.45) is 15.7 Å². The second kappa shape index (κ2) is 2.66. The van der Waals surface area contributed by atoms with Crippen LogP contribution in [0.15, 0.2) is 9.98 Å². The Bertz CT molecular complexity index is 233. The monoisotopic (exact) mass is 155 g/mol. The number of primary amides is 1. The third kappa shape index (κ3) is 1.24. The van der Waals surface area contributed by atoms with Crippen LogP contribution in [0.2, 0.25) is 0 Å². The van der Waals surface area contributed by atoms with Crippen LogP contribution in [-0.2, 0) is 4.79 Å². The topological polar surface area (TPSA) is 67.8 Å². The van der Waals surface area contributed by atoms with Crippen LogP contribution in [-0.4, -0.2) is 29.4 Å². The average molecular weight is 155 g/mol. The first-order valence-corrected chi connectivity index (χ1v) is 3.01. The fourth-order valence-electron chi connectivity index (χ4n) is 0.561. The second-order valence-corrected chi connectivity index (χ2v) is 2.14. The van der Waals surface area contributed by atoms with Gasteiger partial charge in [-0.25, -0.2) is 4.99 Å². The van der Waals surface area contributed by atoms with Crippen molar-refractivity contribution in [2.75, 3.05) is 0 Å². The summed E-state index contributed by atoms with van der Waals surface area (Å²) in [4.78, 5) is 18.2. The number of hydrogen-bond donors (Lipinski definition) is 1. The van der Waals surface area contributed by atoms with Crippen molar-refractivity contribution in [2.45, 2.75) is 6.04 Å². The Hall–Kier alpha value is -1.10. The quantitative estimate of drug-likeness (QED) is 0.510. The minimum absolute atomic E-state index is 0.231. The molecule has 10 heavy (non-hydrogen) atoms. The van der Waals surface area contributed by atoms with Crippen molar-refractivity contribution in [1.82, 2.24) is 0 Å². The van der Waals surface area contributed by atoms with Gasteiger partial charge in [0.05, 0.1) is 0 Å². The molecule has 1 aliphatic rings. The molecule has 2 N–H and O–H groups in total.